The Morgan fingerprint density at radius 2 is 2.06 bits per heavy atom. The zero-order valence-electron chi connectivity index (χ0n) is 8.86. The standard InChI is InChI=1S/C8H15N3O5/c1-5(7(9)14)11-8(15)10-2-3-16-4-6(12)13/h5H,2-4H2,1H3,(H2,9,14)(H,12,13)(H2,10,11,15). The summed E-state index contributed by atoms with van der Waals surface area (Å²) in [6.07, 6.45) is 0. The Labute approximate surface area is 92.1 Å². The number of primary amides is 1. The molecule has 8 nitrogen and oxygen atoms in total. The number of amides is 3. The van der Waals surface area contributed by atoms with E-state index >= 15 is 0 Å². The number of nitrogens with two attached hydrogens (primary N) is 1. The highest BCUT2D eigenvalue weighted by Gasteiger charge is 2.10. The lowest BCUT2D eigenvalue weighted by Crippen LogP contribution is -2.47. The van der Waals surface area contributed by atoms with E-state index in [-0.39, 0.29) is 13.2 Å². The summed E-state index contributed by atoms with van der Waals surface area (Å²) in [5.74, 6) is -1.72. The molecule has 0 aromatic heterocycles. The maximum atomic E-state index is 11.1. The predicted molar refractivity (Wildman–Crippen MR) is 53.6 cm³/mol. The topological polar surface area (TPSA) is 131 Å². The van der Waals surface area contributed by atoms with Crippen molar-refractivity contribution in [3.05, 3.63) is 0 Å². The molecule has 0 saturated carbocycles. The molecule has 0 bridgehead atoms. The molecule has 8 heteroatoms. The highest BCUT2D eigenvalue weighted by molar-refractivity contribution is 5.85. The Hall–Kier alpha value is -1.83. The van der Waals surface area contributed by atoms with Crippen LogP contribution in [-0.2, 0) is 14.3 Å². The fraction of sp³-hybridized carbons (Fsp3) is 0.625. The van der Waals surface area contributed by atoms with Crippen LogP contribution in [-0.4, -0.2) is 48.8 Å². The molecule has 92 valence electrons. The van der Waals surface area contributed by atoms with E-state index in [1.54, 1.807) is 0 Å². The number of carbonyl (C=O) groups is 3. The number of hydrogen-bond acceptors (Lipinski definition) is 4. The van der Waals surface area contributed by atoms with E-state index in [9.17, 15) is 14.4 Å². The molecule has 1 atom stereocenters. The van der Waals surface area contributed by atoms with Crippen LogP contribution < -0.4 is 16.4 Å². The Kier molecular flexibility index (Phi) is 6.61. The Morgan fingerprint density at radius 3 is 2.56 bits per heavy atom. The van der Waals surface area contributed by atoms with Gasteiger partial charge in [-0.2, -0.15) is 0 Å². The van der Waals surface area contributed by atoms with Crippen molar-refractivity contribution >= 4 is 17.9 Å². The van der Waals surface area contributed by atoms with E-state index in [0.717, 1.165) is 0 Å². The van der Waals surface area contributed by atoms with Crippen LogP contribution in [0.5, 0.6) is 0 Å². The first kappa shape index (κ1) is 14.2. The summed E-state index contributed by atoms with van der Waals surface area (Å²) >= 11 is 0. The van der Waals surface area contributed by atoms with Crippen LogP contribution in [0.4, 0.5) is 4.79 Å². The van der Waals surface area contributed by atoms with Gasteiger partial charge in [-0.05, 0) is 6.92 Å². The third-order valence-electron chi connectivity index (χ3n) is 1.53. The first-order chi connectivity index (χ1) is 7.43. The van der Waals surface area contributed by atoms with Gasteiger partial charge in [0.15, 0.2) is 0 Å². The van der Waals surface area contributed by atoms with Crippen LogP contribution in [0.15, 0.2) is 0 Å². The summed E-state index contributed by atoms with van der Waals surface area (Å²) in [5.41, 5.74) is 4.92. The van der Waals surface area contributed by atoms with Crippen LogP contribution in [0.25, 0.3) is 0 Å². The monoisotopic (exact) mass is 233 g/mol. The number of urea groups is 1. The normalized spacial score (nSPS) is 11.6. The van der Waals surface area contributed by atoms with Crippen LogP contribution in [0.3, 0.4) is 0 Å². The van der Waals surface area contributed by atoms with Crippen molar-refractivity contribution in [2.75, 3.05) is 19.8 Å². The van der Waals surface area contributed by atoms with Crippen molar-refractivity contribution in [2.24, 2.45) is 5.73 Å². The van der Waals surface area contributed by atoms with E-state index in [1.165, 1.54) is 6.92 Å². The predicted octanol–water partition coefficient (Wildman–Crippen LogP) is -1.74. The van der Waals surface area contributed by atoms with Crippen molar-refractivity contribution in [1.82, 2.24) is 10.6 Å². The minimum Gasteiger partial charge on any atom is -0.480 e. The van der Waals surface area contributed by atoms with E-state index < -0.39 is 30.6 Å². The Balaban J connectivity index is 3.51. The van der Waals surface area contributed by atoms with Gasteiger partial charge in [-0.15, -0.1) is 0 Å². The summed E-state index contributed by atoms with van der Waals surface area (Å²) in [5, 5.41) is 12.9. The largest absolute Gasteiger partial charge is 0.480 e. The lowest BCUT2D eigenvalue weighted by molar-refractivity contribution is -0.142. The van der Waals surface area contributed by atoms with Gasteiger partial charge in [0.1, 0.15) is 12.6 Å². The fourth-order valence-corrected chi connectivity index (χ4v) is 0.715. The molecule has 3 amide bonds. The van der Waals surface area contributed by atoms with E-state index in [1.807, 2.05) is 0 Å². The van der Waals surface area contributed by atoms with E-state index in [0.29, 0.717) is 0 Å². The molecule has 0 spiro atoms. The zero-order chi connectivity index (χ0) is 12.6. The van der Waals surface area contributed by atoms with Gasteiger partial charge in [0.05, 0.1) is 6.61 Å². The third-order valence-corrected chi connectivity index (χ3v) is 1.53. The summed E-state index contributed by atoms with van der Waals surface area (Å²) in [6, 6.07) is -1.33. The van der Waals surface area contributed by atoms with Gasteiger partial charge in [-0.25, -0.2) is 9.59 Å². The lowest BCUT2D eigenvalue weighted by atomic mass is 10.3. The first-order valence-electron chi connectivity index (χ1n) is 4.56. The summed E-state index contributed by atoms with van der Waals surface area (Å²) in [6.45, 7) is 1.25. The van der Waals surface area contributed by atoms with Crippen LogP contribution in [0, 0.1) is 0 Å². The second-order valence-electron chi connectivity index (χ2n) is 2.97. The molecule has 0 aromatic rings. The van der Waals surface area contributed by atoms with Crippen molar-refractivity contribution < 1.29 is 24.2 Å². The Morgan fingerprint density at radius 1 is 1.44 bits per heavy atom. The van der Waals surface area contributed by atoms with E-state index in [4.69, 9.17) is 10.8 Å². The maximum absolute atomic E-state index is 11.1. The molecule has 0 fully saturated rings. The third kappa shape index (κ3) is 7.56. The maximum Gasteiger partial charge on any atom is 0.329 e. The lowest BCUT2D eigenvalue weighted by Gasteiger charge is -2.11. The van der Waals surface area contributed by atoms with Crippen molar-refractivity contribution in [1.29, 1.82) is 0 Å². The smallest absolute Gasteiger partial charge is 0.329 e. The quantitative estimate of drug-likeness (QED) is 0.388. The van der Waals surface area contributed by atoms with Gasteiger partial charge in [0, 0.05) is 6.54 Å². The minimum atomic E-state index is -1.08. The number of carbonyl (C=O) groups excluding carboxylic acids is 2. The van der Waals surface area contributed by atoms with Crippen LogP contribution in [0.1, 0.15) is 6.92 Å². The first-order valence-corrected chi connectivity index (χ1v) is 4.56. The fourth-order valence-electron chi connectivity index (χ4n) is 0.715. The second kappa shape index (κ2) is 7.46. The van der Waals surface area contributed by atoms with Crippen molar-refractivity contribution in [3.8, 4) is 0 Å². The molecule has 5 N–H and O–H groups in total. The summed E-state index contributed by atoms with van der Waals surface area (Å²) in [4.78, 5) is 31.7. The number of rotatable bonds is 7. The number of hydrogen-bond donors (Lipinski definition) is 4. The molecule has 0 heterocycles. The molecule has 0 aliphatic heterocycles. The van der Waals surface area contributed by atoms with Crippen LogP contribution in [0.2, 0.25) is 0 Å². The zero-order valence-corrected chi connectivity index (χ0v) is 8.86. The van der Waals surface area contributed by atoms with E-state index in [2.05, 4.69) is 15.4 Å². The number of aliphatic carboxylic acids is 1. The molecule has 0 aliphatic rings. The number of ether oxygens (including phenoxy) is 1. The van der Waals surface area contributed by atoms with Crippen molar-refractivity contribution in [3.63, 3.8) is 0 Å². The molecular weight excluding hydrogens is 218 g/mol. The van der Waals surface area contributed by atoms with Crippen LogP contribution >= 0.6 is 0 Å². The van der Waals surface area contributed by atoms with Crippen molar-refractivity contribution in [2.45, 2.75) is 13.0 Å². The highest BCUT2D eigenvalue weighted by atomic mass is 16.5. The van der Waals surface area contributed by atoms with Gasteiger partial charge >= 0.3 is 12.0 Å². The molecule has 0 rings (SSSR count). The molecular formula is C8H15N3O5. The van der Waals surface area contributed by atoms with Gasteiger partial charge < -0.3 is 26.2 Å². The number of carboxylic acids is 1. The molecule has 1 unspecified atom stereocenters. The van der Waals surface area contributed by atoms with Gasteiger partial charge in [0.2, 0.25) is 5.91 Å². The molecule has 0 radical (unpaired) electrons. The van der Waals surface area contributed by atoms with Gasteiger partial charge in [-0.1, -0.05) is 0 Å². The van der Waals surface area contributed by atoms with Gasteiger partial charge in [0.25, 0.3) is 0 Å². The molecule has 0 aromatic carbocycles. The summed E-state index contributed by atoms with van der Waals surface area (Å²) < 4.78 is 4.66. The highest BCUT2D eigenvalue weighted by Crippen LogP contribution is 1.79. The average Bonchev–Trinajstić information content (AvgIpc) is 2.16. The number of nitrogens with one attached hydrogen (secondary N) is 2. The van der Waals surface area contributed by atoms with Gasteiger partial charge in [-0.3, -0.25) is 4.79 Å². The Bertz CT molecular complexity index is 268. The molecule has 16 heavy (non-hydrogen) atoms. The number of carboxylic acid groups (broad SMARTS) is 1. The molecule has 0 aliphatic carbocycles. The second-order valence-corrected chi connectivity index (χ2v) is 2.97. The minimum absolute atomic E-state index is 0.0741. The molecule has 0 saturated heterocycles. The SMILES string of the molecule is CC(NC(=O)NCCOCC(=O)O)C(N)=O. The average molecular weight is 233 g/mol. The summed E-state index contributed by atoms with van der Waals surface area (Å²) in [7, 11) is 0.